The first kappa shape index (κ1) is 12.6. The molecule has 0 aliphatic heterocycles. The van der Waals surface area contributed by atoms with Crippen molar-refractivity contribution in [1.29, 1.82) is 0 Å². The molecular formula is C14H25N3. The van der Waals surface area contributed by atoms with Gasteiger partial charge in [0.15, 0.2) is 0 Å². The summed E-state index contributed by atoms with van der Waals surface area (Å²) in [5.41, 5.74) is 1.97. The first-order chi connectivity index (χ1) is 7.88. The van der Waals surface area contributed by atoms with Crippen LogP contribution in [0.2, 0.25) is 0 Å². The lowest BCUT2D eigenvalue weighted by Crippen LogP contribution is -2.36. The Kier molecular flexibility index (Phi) is 3.30. The van der Waals surface area contributed by atoms with E-state index in [-0.39, 0.29) is 5.54 Å². The average molecular weight is 235 g/mol. The molecule has 0 atom stereocenters. The second-order valence-corrected chi connectivity index (χ2v) is 6.78. The Morgan fingerprint density at radius 3 is 2.65 bits per heavy atom. The van der Waals surface area contributed by atoms with Crippen LogP contribution in [-0.2, 0) is 13.1 Å². The van der Waals surface area contributed by atoms with Gasteiger partial charge in [-0.05, 0) is 39.0 Å². The van der Waals surface area contributed by atoms with Crippen molar-refractivity contribution in [2.45, 2.75) is 65.6 Å². The van der Waals surface area contributed by atoms with Crippen LogP contribution < -0.4 is 5.32 Å². The van der Waals surface area contributed by atoms with E-state index in [9.17, 15) is 0 Å². The maximum atomic E-state index is 4.29. The number of nitrogens with zero attached hydrogens (tertiary/aromatic N) is 2. The van der Waals surface area contributed by atoms with Crippen molar-refractivity contribution in [3.05, 3.63) is 18.2 Å². The van der Waals surface area contributed by atoms with Gasteiger partial charge in [0.25, 0.3) is 0 Å². The number of hydrogen-bond acceptors (Lipinski definition) is 2. The average Bonchev–Trinajstić information content (AvgIpc) is 2.59. The van der Waals surface area contributed by atoms with Gasteiger partial charge in [0.05, 0.1) is 12.0 Å². The summed E-state index contributed by atoms with van der Waals surface area (Å²) in [5.74, 6) is 0. The third kappa shape index (κ3) is 3.32. The van der Waals surface area contributed by atoms with Crippen LogP contribution in [0.15, 0.2) is 12.5 Å². The smallest absolute Gasteiger partial charge is 0.0948 e. The summed E-state index contributed by atoms with van der Waals surface area (Å²) in [7, 11) is 0. The maximum Gasteiger partial charge on any atom is 0.0948 e. The fourth-order valence-electron chi connectivity index (χ4n) is 2.34. The fraction of sp³-hybridized carbons (Fsp3) is 0.786. The maximum absolute atomic E-state index is 4.29. The molecule has 1 aromatic rings. The number of rotatable bonds is 4. The lowest BCUT2D eigenvalue weighted by atomic mass is 9.70. The van der Waals surface area contributed by atoms with E-state index in [0.29, 0.717) is 5.41 Å². The Bertz CT molecular complexity index is 369. The highest BCUT2D eigenvalue weighted by atomic mass is 15.1. The second kappa shape index (κ2) is 4.45. The van der Waals surface area contributed by atoms with Gasteiger partial charge in [-0.1, -0.05) is 13.3 Å². The molecule has 1 N–H and O–H groups in total. The number of nitrogens with one attached hydrogen (secondary N) is 1. The van der Waals surface area contributed by atoms with Crippen LogP contribution in [0.3, 0.4) is 0 Å². The van der Waals surface area contributed by atoms with Crippen molar-refractivity contribution in [2.75, 3.05) is 0 Å². The lowest BCUT2D eigenvalue weighted by Gasteiger charge is -2.39. The van der Waals surface area contributed by atoms with E-state index >= 15 is 0 Å². The summed E-state index contributed by atoms with van der Waals surface area (Å²) in [4.78, 5) is 4.29. The van der Waals surface area contributed by atoms with Crippen LogP contribution in [0.1, 0.15) is 52.7 Å². The summed E-state index contributed by atoms with van der Waals surface area (Å²) in [6, 6.07) is 0. The highest BCUT2D eigenvalue weighted by molar-refractivity contribution is 5.01. The molecule has 1 saturated carbocycles. The Balaban J connectivity index is 1.97. The molecule has 96 valence electrons. The normalized spacial score (nSPS) is 19.1. The third-order valence-electron chi connectivity index (χ3n) is 3.71. The summed E-state index contributed by atoms with van der Waals surface area (Å²) in [6.45, 7) is 11.0. The van der Waals surface area contributed by atoms with Gasteiger partial charge >= 0.3 is 0 Å². The van der Waals surface area contributed by atoms with Crippen molar-refractivity contribution < 1.29 is 0 Å². The Morgan fingerprint density at radius 2 is 2.12 bits per heavy atom. The molecule has 3 heteroatoms. The standard InChI is InChI=1S/C14H25N3/c1-13(2,3)16-9-12-8-15-11-17(12)10-14(4)6-5-7-14/h8,11,16H,5-7,9-10H2,1-4H3. The van der Waals surface area contributed by atoms with Crippen molar-refractivity contribution in [3.63, 3.8) is 0 Å². The molecule has 17 heavy (non-hydrogen) atoms. The monoisotopic (exact) mass is 235 g/mol. The minimum absolute atomic E-state index is 0.162. The van der Waals surface area contributed by atoms with Crippen LogP contribution >= 0.6 is 0 Å². The zero-order valence-electron chi connectivity index (χ0n) is 11.6. The van der Waals surface area contributed by atoms with Crippen molar-refractivity contribution in [3.8, 4) is 0 Å². The van der Waals surface area contributed by atoms with Gasteiger partial charge < -0.3 is 9.88 Å². The number of hydrogen-bond donors (Lipinski definition) is 1. The molecule has 1 heterocycles. The van der Waals surface area contributed by atoms with E-state index in [4.69, 9.17) is 0 Å². The zero-order valence-corrected chi connectivity index (χ0v) is 11.6. The quantitative estimate of drug-likeness (QED) is 0.869. The van der Waals surface area contributed by atoms with E-state index in [0.717, 1.165) is 13.1 Å². The Labute approximate surface area is 105 Å². The number of imidazole rings is 1. The van der Waals surface area contributed by atoms with E-state index < -0.39 is 0 Å². The molecule has 2 rings (SSSR count). The van der Waals surface area contributed by atoms with Crippen LogP contribution in [0.5, 0.6) is 0 Å². The van der Waals surface area contributed by atoms with E-state index in [1.807, 2.05) is 12.5 Å². The molecule has 0 saturated heterocycles. The minimum atomic E-state index is 0.162. The van der Waals surface area contributed by atoms with Gasteiger partial charge in [-0.15, -0.1) is 0 Å². The van der Waals surface area contributed by atoms with Gasteiger partial charge in [-0.25, -0.2) is 4.98 Å². The molecule has 1 aliphatic rings. The third-order valence-corrected chi connectivity index (χ3v) is 3.71. The van der Waals surface area contributed by atoms with E-state index in [2.05, 4.69) is 42.6 Å². The molecule has 1 aliphatic carbocycles. The molecule has 0 bridgehead atoms. The molecular weight excluding hydrogens is 210 g/mol. The highest BCUT2D eigenvalue weighted by Gasteiger charge is 2.32. The summed E-state index contributed by atoms with van der Waals surface area (Å²) in [6.07, 6.45) is 8.07. The molecule has 0 aromatic carbocycles. The molecule has 0 unspecified atom stereocenters. The topological polar surface area (TPSA) is 29.9 Å². The van der Waals surface area contributed by atoms with Crippen molar-refractivity contribution in [2.24, 2.45) is 5.41 Å². The highest BCUT2D eigenvalue weighted by Crippen LogP contribution is 2.41. The Morgan fingerprint density at radius 1 is 1.41 bits per heavy atom. The van der Waals surface area contributed by atoms with Crippen LogP contribution in [0.4, 0.5) is 0 Å². The molecule has 3 nitrogen and oxygen atoms in total. The second-order valence-electron chi connectivity index (χ2n) is 6.78. The van der Waals surface area contributed by atoms with Crippen LogP contribution in [0, 0.1) is 5.41 Å². The molecule has 1 aromatic heterocycles. The first-order valence-corrected chi connectivity index (χ1v) is 6.62. The summed E-state index contributed by atoms with van der Waals surface area (Å²) < 4.78 is 2.32. The van der Waals surface area contributed by atoms with Crippen molar-refractivity contribution >= 4 is 0 Å². The largest absolute Gasteiger partial charge is 0.333 e. The predicted molar refractivity (Wildman–Crippen MR) is 70.8 cm³/mol. The van der Waals surface area contributed by atoms with Crippen molar-refractivity contribution in [1.82, 2.24) is 14.9 Å². The minimum Gasteiger partial charge on any atom is -0.333 e. The Hall–Kier alpha value is -0.830. The van der Waals surface area contributed by atoms with Gasteiger partial charge in [0.1, 0.15) is 0 Å². The summed E-state index contributed by atoms with van der Waals surface area (Å²) >= 11 is 0. The molecule has 0 radical (unpaired) electrons. The van der Waals surface area contributed by atoms with Gasteiger partial charge in [-0.3, -0.25) is 0 Å². The zero-order chi connectivity index (χ0) is 12.5. The van der Waals surface area contributed by atoms with Crippen LogP contribution in [0.25, 0.3) is 0 Å². The predicted octanol–water partition coefficient (Wildman–Crippen LogP) is 2.96. The van der Waals surface area contributed by atoms with Crippen LogP contribution in [-0.4, -0.2) is 15.1 Å². The molecule has 1 fully saturated rings. The van der Waals surface area contributed by atoms with E-state index in [1.165, 1.54) is 25.0 Å². The van der Waals surface area contributed by atoms with E-state index in [1.54, 1.807) is 0 Å². The first-order valence-electron chi connectivity index (χ1n) is 6.62. The van der Waals surface area contributed by atoms with Gasteiger partial charge in [-0.2, -0.15) is 0 Å². The number of aromatic nitrogens is 2. The SMILES string of the molecule is CC1(Cn2cncc2CNC(C)(C)C)CCC1. The molecule has 0 spiro atoms. The summed E-state index contributed by atoms with van der Waals surface area (Å²) in [5, 5.41) is 3.53. The lowest BCUT2D eigenvalue weighted by molar-refractivity contribution is 0.130. The molecule has 0 amide bonds. The van der Waals surface area contributed by atoms with Gasteiger partial charge in [0, 0.05) is 24.8 Å². The van der Waals surface area contributed by atoms with Gasteiger partial charge in [0.2, 0.25) is 0 Å². The fourth-order valence-corrected chi connectivity index (χ4v) is 2.34.